The molecule has 0 spiro atoms. The number of imide groups is 2. The quantitative estimate of drug-likeness (QED) is 0.250. The molecule has 0 N–H and O–H groups in total. The Bertz CT molecular complexity index is 1410. The molecule has 6 nitrogen and oxygen atoms in total. The van der Waals surface area contributed by atoms with Crippen LogP contribution in [0.1, 0.15) is 34.2 Å². The molecular formula is C33H32N2O4. The molecule has 4 atom stereocenters. The molecule has 198 valence electrons. The van der Waals surface area contributed by atoms with E-state index in [4.69, 9.17) is 6.42 Å². The summed E-state index contributed by atoms with van der Waals surface area (Å²) >= 11 is 0. The molecule has 2 heterocycles. The molecule has 2 aromatic rings. The summed E-state index contributed by atoms with van der Waals surface area (Å²) in [6.45, 7) is 4.15. The van der Waals surface area contributed by atoms with E-state index in [0.29, 0.717) is 11.8 Å². The number of fused-ring (bicyclic) bond motifs is 6. The van der Waals surface area contributed by atoms with Crippen molar-refractivity contribution in [3.63, 3.8) is 0 Å². The molecule has 0 radical (unpaired) electrons. The maximum absolute atomic E-state index is 11.7. The average molecular weight is 521 g/mol. The molecule has 6 heteroatoms. The van der Waals surface area contributed by atoms with Crippen molar-refractivity contribution in [1.29, 1.82) is 0 Å². The molecular weight excluding hydrogens is 488 g/mol. The van der Waals surface area contributed by atoms with Gasteiger partial charge in [0.1, 0.15) is 0 Å². The van der Waals surface area contributed by atoms with Crippen LogP contribution in [-0.4, -0.2) is 47.5 Å². The van der Waals surface area contributed by atoms with E-state index < -0.39 is 0 Å². The van der Waals surface area contributed by atoms with Crippen LogP contribution in [0, 0.1) is 49.9 Å². The second-order valence-corrected chi connectivity index (χ2v) is 10.3. The maximum atomic E-state index is 11.7. The van der Waals surface area contributed by atoms with Gasteiger partial charge in [0, 0.05) is 31.8 Å². The van der Waals surface area contributed by atoms with E-state index in [0.717, 1.165) is 16.9 Å². The molecule has 1 saturated heterocycles. The predicted molar refractivity (Wildman–Crippen MR) is 152 cm³/mol. The third kappa shape index (κ3) is 5.83. The van der Waals surface area contributed by atoms with E-state index in [1.165, 1.54) is 46.4 Å². The Balaban J connectivity index is 0.000000123. The number of carbonyl (C=O) groups excluding carboxylic acids is 4. The van der Waals surface area contributed by atoms with Crippen molar-refractivity contribution in [2.75, 3.05) is 14.1 Å². The molecule has 0 aromatic heterocycles. The Labute approximate surface area is 229 Å². The van der Waals surface area contributed by atoms with Crippen molar-refractivity contribution in [1.82, 2.24) is 9.80 Å². The van der Waals surface area contributed by atoms with Crippen molar-refractivity contribution in [2.24, 2.45) is 23.7 Å². The van der Waals surface area contributed by atoms with E-state index in [1.807, 2.05) is 31.2 Å². The normalized spacial score (nSPS) is 24.1. The molecule has 2 bridgehead atoms. The van der Waals surface area contributed by atoms with Crippen LogP contribution in [0.4, 0.5) is 0 Å². The molecule has 39 heavy (non-hydrogen) atoms. The largest absolute Gasteiger partial charge is 0.285 e. The Morgan fingerprint density at radius 1 is 0.718 bits per heavy atom. The molecule has 7 rings (SSSR count). The van der Waals surface area contributed by atoms with Gasteiger partial charge in [-0.25, -0.2) is 0 Å². The number of likely N-dealkylation sites (N-methyl/N-ethyl adjacent to an activating group) is 1. The fourth-order valence-corrected chi connectivity index (χ4v) is 5.33. The fourth-order valence-electron chi connectivity index (χ4n) is 5.33. The van der Waals surface area contributed by atoms with Crippen molar-refractivity contribution < 1.29 is 19.2 Å². The smallest absolute Gasteiger partial charge is 0.253 e. The number of rotatable bonds is 0. The minimum atomic E-state index is -0.241. The third-order valence-corrected chi connectivity index (χ3v) is 7.59. The zero-order chi connectivity index (χ0) is 28.3. The summed E-state index contributed by atoms with van der Waals surface area (Å²) < 4.78 is 0. The number of hydrogen-bond donors (Lipinski definition) is 0. The summed E-state index contributed by atoms with van der Waals surface area (Å²) in [5.74, 6) is 2.80. The predicted octanol–water partition coefficient (Wildman–Crippen LogP) is 4.42. The van der Waals surface area contributed by atoms with Crippen LogP contribution in [0.3, 0.4) is 0 Å². The number of amides is 4. The minimum Gasteiger partial charge on any atom is -0.285 e. The van der Waals surface area contributed by atoms with E-state index in [-0.39, 0.29) is 35.5 Å². The second-order valence-electron chi connectivity index (χ2n) is 10.3. The first-order valence-electron chi connectivity index (χ1n) is 12.9. The van der Waals surface area contributed by atoms with Gasteiger partial charge in [-0.15, -0.1) is 6.42 Å². The second kappa shape index (κ2) is 11.5. The zero-order valence-electron chi connectivity index (χ0n) is 22.6. The molecule has 4 amide bonds. The minimum absolute atomic E-state index is 0.0208. The van der Waals surface area contributed by atoms with Crippen LogP contribution in [0.15, 0.2) is 66.8 Å². The maximum Gasteiger partial charge on any atom is 0.253 e. The molecule has 2 aromatic carbocycles. The molecule has 4 unspecified atom stereocenters. The highest BCUT2D eigenvalue weighted by molar-refractivity contribution is 6.12. The Kier molecular flexibility index (Phi) is 8.11. The van der Waals surface area contributed by atoms with Crippen molar-refractivity contribution in [2.45, 2.75) is 20.3 Å². The number of nitrogens with zero attached hydrogens (tertiary/aromatic N) is 2. The van der Waals surface area contributed by atoms with Crippen LogP contribution in [-0.2, 0) is 19.2 Å². The van der Waals surface area contributed by atoms with Crippen LogP contribution >= 0.6 is 0 Å². The molecule has 1 saturated carbocycles. The zero-order valence-corrected chi connectivity index (χ0v) is 22.6. The number of terminal acetylenes is 1. The summed E-state index contributed by atoms with van der Waals surface area (Å²) in [7, 11) is 3.05. The van der Waals surface area contributed by atoms with Gasteiger partial charge < -0.3 is 0 Å². The van der Waals surface area contributed by atoms with Gasteiger partial charge in [0.15, 0.2) is 0 Å². The van der Waals surface area contributed by atoms with Crippen molar-refractivity contribution in [3.8, 4) is 12.3 Å². The van der Waals surface area contributed by atoms with Crippen LogP contribution in [0.2, 0.25) is 0 Å². The van der Waals surface area contributed by atoms with Crippen LogP contribution in [0.5, 0.6) is 0 Å². The average Bonchev–Trinajstić information content (AvgIpc) is 3.66. The summed E-state index contributed by atoms with van der Waals surface area (Å²) in [4.78, 5) is 46.5. The first kappa shape index (κ1) is 27.5. The molecule has 3 aliphatic carbocycles. The lowest BCUT2D eigenvalue weighted by Crippen LogP contribution is -2.28. The highest BCUT2D eigenvalue weighted by Crippen LogP contribution is 2.52. The van der Waals surface area contributed by atoms with Crippen molar-refractivity contribution >= 4 is 35.8 Å². The van der Waals surface area contributed by atoms with Gasteiger partial charge in [0.25, 0.3) is 11.8 Å². The number of carbonyl (C=O) groups is 4. The first-order valence-corrected chi connectivity index (χ1v) is 12.9. The number of hydrogen-bond acceptors (Lipinski definition) is 4. The van der Waals surface area contributed by atoms with Crippen molar-refractivity contribution in [3.05, 3.63) is 94.6 Å². The monoisotopic (exact) mass is 520 g/mol. The highest BCUT2D eigenvalue weighted by Gasteiger charge is 2.58. The molecule has 2 fully saturated rings. The molecule has 5 aliphatic rings. The summed E-state index contributed by atoms with van der Waals surface area (Å²) in [5, 5.41) is 0. The van der Waals surface area contributed by atoms with Crippen LogP contribution in [0.25, 0.3) is 12.2 Å². The Morgan fingerprint density at radius 2 is 1.28 bits per heavy atom. The number of allylic oxidation sites excluding steroid dienone is 2. The van der Waals surface area contributed by atoms with Gasteiger partial charge in [-0.2, -0.15) is 0 Å². The SMILES string of the molecule is C#Cc1cccc(C)c1.CN1C(=O)C2C3C=CC(C3)C2C1=O.CN1C(=O)C=CC1=O.Cc1ccc2c(c1)C=C2. The number of likely N-dealkylation sites (tertiary alicyclic amines) is 1. The van der Waals surface area contributed by atoms with Gasteiger partial charge in [-0.1, -0.05) is 66.1 Å². The van der Waals surface area contributed by atoms with Crippen LogP contribution < -0.4 is 0 Å². The lowest BCUT2D eigenvalue weighted by atomic mass is 9.85. The summed E-state index contributed by atoms with van der Waals surface area (Å²) in [6, 6.07) is 14.4. The van der Waals surface area contributed by atoms with Gasteiger partial charge in [0.2, 0.25) is 11.8 Å². The van der Waals surface area contributed by atoms with Gasteiger partial charge in [-0.3, -0.25) is 29.0 Å². The highest BCUT2D eigenvalue weighted by atomic mass is 16.2. The standard InChI is InChI=1S/C10H11NO2.2C9H8.C5H5NO2/c1-11-9(12)7-5-2-3-6(4-5)8(7)10(11)13;1-7-2-3-8-4-5-9(8)6-7;1-3-9-6-4-5-8(2)7-9;1-6-4(7)2-3-5(6)8/h2-3,5-8H,4H2,1H3;2-6H,1H3;1,4-7H,2H3;2-3H,1H3. The fraction of sp³-hybridized carbons (Fsp3) is 0.273. The summed E-state index contributed by atoms with van der Waals surface area (Å²) in [5.41, 5.74) is 6.27. The first-order chi connectivity index (χ1) is 18.6. The van der Waals surface area contributed by atoms with E-state index in [1.54, 1.807) is 7.05 Å². The Hall–Kier alpha value is -4.50. The van der Waals surface area contributed by atoms with E-state index >= 15 is 0 Å². The third-order valence-electron chi connectivity index (χ3n) is 7.59. The molecule has 2 aliphatic heterocycles. The summed E-state index contributed by atoms with van der Waals surface area (Å²) in [6.07, 6.45) is 17.2. The van der Waals surface area contributed by atoms with Gasteiger partial charge in [0.05, 0.1) is 11.8 Å². The number of aryl methyl sites for hydroxylation is 2. The lowest BCUT2D eigenvalue weighted by Gasteiger charge is -2.14. The lowest BCUT2D eigenvalue weighted by molar-refractivity contribution is -0.139. The van der Waals surface area contributed by atoms with Gasteiger partial charge >= 0.3 is 0 Å². The van der Waals surface area contributed by atoms with Gasteiger partial charge in [-0.05, 0) is 60.9 Å². The van der Waals surface area contributed by atoms with E-state index in [9.17, 15) is 19.2 Å². The topological polar surface area (TPSA) is 74.8 Å². The Morgan fingerprint density at radius 3 is 1.67 bits per heavy atom. The van der Waals surface area contributed by atoms with E-state index in [2.05, 4.69) is 55.3 Å². The number of benzene rings is 2.